The van der Waals surface area contributed by atoms with Gasteiger partial charge in [-0.25, -0.2) is 9.97 Å². The van der Waals surface area contributed by atoms with Crippen molar-refractivity contribution in [3.05, 3.63) is 12.4 Å². The van der Waals surface area contributed by atoms with Gasteiger partial charge in [0, 0.05) is 19.2 Å². The fraction of sp³-hybridized carbons (Fsp3) is 0.583. The molecular formula is C12H18N4O2. The molecule has 0 unspecified atom stereocenters. The molecule has 0 bridgehead atoms. The Bertz CT molecular complexity index is 416. The Morgan fingerprint density at radius 1 is 1.50 bits per heavy atom. The summed E-state index contributed by atoms with van der Waals surface area (Å²) in [6.45, 7) is 4.12. The zero-order chi connectivity index (χ0) is 13.0. The molecular weight excluding hydrogens is 232 g/mol. The normalized spacial score (nSPS) is 16.6. The van der Waals surface area contributed by atoms with Gasteiger partial charge in [-0.2, -0.15) is 0 Å². The molecule has 1 aromatic heterocycles. The van der Waals surface area contributed by atoms with Crippen molar-refractivity contribution in [1.29, 1.82) is 0 Å². The van der Waals surface area contributed by atoms with E-state index >= 15 is 0 Å². The van der Waals surface area contributed by atoms with Gasteiger partial charge in [-0.1, -0.05) is 6.92 Å². The van der Waals surface area contributed by atoms with E-state index in [1.54, 1.807) is 6.07 Å². The fourth-order valence-corrected chi connectivity index (χ4v) is 2.02. The maximum atomic E-state index is 10.5. The van der Waals surface area contributed by atoms with Crippen LogP contribution in [0.5, 0.6) is 0 Å². The van der Waals surface area contributed by atoms with Crippen LogP contribution in [0.1, 0.15) is 19.8 Å². The van der Waals surface area contributed by atoms with Crippen LogP contribution in [0.4, 0.5) is 11.6 Å². The van der Waals surface area contributed by atoms with Gasteiger partial charge in [0.05, 0.1) is 0 Å². The lowest BCUT2D eigenvalue weighted by atomic mass is 9.99. The van der Waals surface area contributed by atoms with Gasteiger partial charge in [0.15, 0.2) is 0 Å². The molecule has 98 valence electrons. The molecule has 1 aliphatic rings. The number of aliphatic carboxylic acids is 1. The van der Waals surface area contributed by atoms with Crippen LogP contribution in [0.25, 0.3) is 0 Å². The first-order valence-electron chi connectivity index (χ1n) is 6.18. The minimum Gasteiger partial charge on any atom is -0.480 e. The molecule has 1 saturated heterocycles. The summed E-state index contributed by atoms with van der Waals surface area (Å²) in [7, 11) is 0. The van der Waals surface area contributed by atoms with E-state index in [1.807, 2.05) is 0 Å². The average molecular weight is 250 g/mol. The minimum absolute atomic E-state index is 0.131. The summed E-state index contributed by atoms with van der Waals surface area (Å²) in [5.41, 5.74) is 0. The monoisotopic (exact) mass is 250 g/mol. The Morgan fingerprint density at radius 3 is 2.89 bits per heavy atom. The number of aromatic nitrogens is 2. The topological polar surface area (TPSA) is 78.4 Å². The van der Waals surface area contributed by atoms with E-state index in [0.29, 0.717) is 5.82 Å². The summed E-state index contributed by atoms with van der Waals surface area (Å²) in [5.74, 6) is 1.29. The van der Waals surface area contributed by atoms with E-state index < -0.39 is 5.97 Å². The highest BCUT2D eigenvalue weighted by molar-refractivity contribution is 5.72. The molecule has 0 radical (unpaired) electrons. The number of hydrogen-bond donors (Lipinski definition) is 2. The number of hydrogen-bond acceptors (Lipinski definition) is 5. The third kappa shape index (κ3) is 3.32. The van der Waals surface area contributed by atoms with Crippen LogP contribution >= 0.6 is 0 Å². The Hall–Kier alpha value is -1.85. The quantitative estimate of drug-likeness (QED) is 0.836. The van der Waals surface area contributed by atoms with Crippen molar-refractivity contribution in [2.75, 3.05) is 29.9 Å². The van der Waals surface area contributed by atoms with Gasteiger partial charge in [-0.05, 0) is 18.8 Å². The Balaban J connectivity index is 2.00. The third-order valence-electron chi connectivity index (χ3n) is 3.18. The van der Waals surface area contributed by atoms with Gasteiger partial charge in [0.2, 0.25) is 0 Å². The number of nitrogens with one attached hydrogen (secondary N) is 1. The first kappa shape index (κ1) is 12.6. The lowest BCUT2D eigenvalue weighted by Crippen LogP contribution is -2.33. The van der Waals surface area contributed by atoms with E-state index in [9.17, 15) is 4.79 Å². The van der Waals surface area contributed by atoms with E-state index in [0.717, 1.165) is 24.8 Å². The smallest absolute Gasteiger partial charge is 0.322 e. The zero-order valence-electron chi connectivity index (χ0n) is 10.5. The molecule has 0 spiro atoms. The predicted molar refractivity (Wildman–Crippen MR) is 68.8 cm³/mol. The van der Waals surface area contributed by atoms with E-state index in [4.69, 9.17) is 5.11 Å². The van der Waals surface area contributed by atoms with Crippen molar-refractivity contribution in [2.24, 2.45) is 5.92 Å². The Labute approximate surface area is 106 Å². The van der Waals surface area contributed by atoms with Crippen LogP contribution in [0.15, 0.2) is 12.4 Å². The van der Waals surface area contributed by atoms with E-state index in [-0.39, 0.29) is 6.54 Å². The summed E-state index contributed by atoms with van der Waals surface area (Å²) in [5, 5.41) is 11.4. The first-order valence-corrected chi connectivity index (χ1v) is 6.18. The second-order valence-corrected chi connectivity index (χ2v) is 4.68. The van der Waals surface area contributed by atoms with Gasteiger partial charge in [0.25, 0.3) is 0 Å². The zero-order valence-corrected chi connectivity index (χ0v) is 10.5. The number of carboxylic acids is 1. The van der Waals surface area contributed by atoms with Crippen molar-refractivity contribution >= 4 is 17.6 Å². The molecule has 0 aromatic carbocycles. The van der Waals surface area contributed by atoms with Gasteiger partial charge in [0.1, 0.15) is 24.5 Å². The number of carboxylic acid groups (broad SMARTS) is 1. The van der Waals surface area contributed by atoms with E-state index in [1.165, 1.54) is 19.2 Å². The minimum atomic E-state index is -0.901. The summed E-state index contributed by atoms with van der Waals surface area (Å²) in [6.07, 6.45) is 3.81. The Kier molecular flexibility index (Phi) is 3.96. The summed E-state index contributed by atoms with van der Waals surface area (Å²) in [4.78, 5) is 20.9. The number of nitrogens with zero attached hydrogens (tertiary/aromatic N) is 3. The summed E-state index contributed by atoms with van der Waals surface area (Å²) >= 11 is 0. The van der Waals surface area contributed by atoms with Crippen molar-refractivity contribution in [3.63, 3.8) is 0 Å². The average Bonchev–Trinajstić information content (AvgIpc) is 2.37. The number of carbonyl (C=O) groups is 1. The summed E-state index contributed by atoms with van der Waals surface area (Å²) in [6, 6.07) is 1.80. The van der Waals surface area contributed by atoms with Crippen molar-refractivity contribution in [3.8, 4) is 0 Å². The molecule has 0 amide bonds. The third-order valence-corrected chi connectivity index (χ3v) is 3.18. The number of piperidine rings is 1. The molecule has 1 aliphatic heterocycles. The molecule has 0 saturated carbocycles. The molecule has 6 heteroatoms. The van der Waals surface area contributed by atoms with Gasteiger partial charge >= 0.3 is 5.97 Å². The highest BCUT2D eigenvalue weighted by atomic mass is 16.4. The van der Waals surface area contributed by atoms with Crippen LogP contribution in [-0.4, -0.2) is 40.7 Å². The largest absolute Gasteiger partial charge is 0.480 e. The summed E-state index contributed by atoms with van der Waals surface area (Å²) < 4.78 is 0. The van der Waals surface area contributed by atoms with Crippen LogP contribution in [-0.2, 0) is 4.79 Å². The molecule has 2 N–H and O–H groups in total. The number of rotatable bonds is 4. The molecule has 2 rings (SSSR count). The molecule has 1 fully saturated rings. The van der Waals surface area contributed by atoms with Crippen LogP contribution in [0.3, 0.4) is 0 Å². The molecule has 6 nitrogen and oxygen atoms in total. The molecule has 18 heavy (non-hydrogen) atoms. The van der Waals surface area contributed by atoms with Crippen LogP contribution < -0.4 is 10.2 Å². The molecule has 0 atom stereocenters. The first-order chi connectivity index (χ1) is 8.65. The fourth-order valence-electron chi connectivity index (χ4n) is 2.02. The van der Waals surface area contributed by atoms with Crippen LogP contribution in [0, 0.1) is 5.92 Å². The predicted octanol–water partition coefficient (Wildman–Crippen LogP) is 1.21. The van der Waals surface area contributed by atoms with Gasteiger partial charge in [-0.3, -0.25) is 4.79 Å². The molecule has 1 aromatic rings. The number of anilines is 2. The Morgan fingerprint density at radius 2 is 2.22 bits per heavy atom. The van der Waals surface area contributed by atoms with Crippen molar-refractivity contribution in [2.45, 2.75) is 19.8 Å². The lowest BCUT2D eigenvalue weighted by Gasteiger charge is -2.31. The molecule has 0 aliphatic carbocycles. The van der Waals surface area contributed by atoms with E-state index in [2.05, 4.69) is 27.1 Å². The SMILES string of the molecule is CC1CCN(c2cc(NCC(=O)O)ncn2)CC1. The lowest BCUT2D eigenvalue weighted by molar-refractivity contribution is -0.134. The highest BCUT2D eigenvalue weighted by Gasteiger charge is 2.17. The van der Waals surface area contributed by atoms with Crippen molar-refractivity contribution in [1.82, 2.24) is 9.97 Å². The highest BCUT2D eigenvalue weighted by Crippen LogP contribution is 2.22. The second kappa shape index (κ2) is 5.66. The van der Waals surface area contributed by atoms with Gasteiger partial charge in [-0.15, -0.1) is 0 Å². The molecule has 2 heterocycles. The second-order valence-electron chi connectivity index (χ2n) is 4.68. The maximum Gasteiger partial charge on any atom is 0.322 e. The van der Waals surface area contributed by atoms with Gasteiger partial charge < -0.3 is 15.3 Å². The van der Waals surface area contributed by atoms with Crippen LogP contribution in [0.2, 0.25) is 0 Å². The maximum absolute atomic E-state index is 10.5. The van der Waals surface area contributed by atoms with Crippen molar-refractivity contribution < 1.29 is 9.90 Å². The standard InChI is InChI=1S/C12H18N4O2/c1-9-2-4-16(5-3-9)11-6-10(14-8-15-11)13-7-12(17)18/h6,8-9H,2-5,7H2,1H3,(H,17,18)(H,13,14,15).